The molecule has 2 aromatic heterocycles. The molecule has 0 atom stereocenters. The van der Waals surface area contributed by atoms with Gasteiger partial charge in [-0.1, -0.05) is 0 Å². The van der Waals surface area contributed by atoms with Crippen LogP contribution in [0.25, 0.3) is 0 Å². The molecule has 0 radical (unpaired) electrons. The van der Waals surface area contributed by atoms with Gasteiger partial charge in [-0.15, -0.1) is 10.2 Å². The fourth-order valence-corrected chi connectivity index (χ4v) is 1.91. The van der Waals surface area contributed by atoms with Crippen LogP contribution in [-0.2, 0) is 13.6 Å². The molecule has 0 fully saturated rings. The zero-order chi connectivity index (χ0) is 11.5. The Kier molecular flexibility index (Phi) is 2.91. The summed E-state index contributed by atoms with van der Waals surface area (Å²) in [7, 11) is 3.45. The van der Waals surface area contributed by atoms with Gasteiger partial charge in [-0.25, -0.2) is 0 Å². The minimum absolute atomic E-state index is 0.396. The van der Waals surface area contributed by atoms with Crippen molar-refractivity contribution in [3.05, 3.63) is 12.2 Å². The first-order valence-electron chi connectivity index (χ1n) is 4.58. The molecule has 0 bridgehead atoms. The van der Waals surface area contributed by atoms with E-state index in [4.69, 9.17) is 10.5 Å². The third-order valence-corrected chi connectivity index (χ3v) is 2.89. The van der Waals surface area contributed by atoms with Gasteiger partial charge >= 0.3 is 0 Å². The number of methoxy groups -OCH3 is 1. The fourth-order valence-electron chi connectivity index (χ4n) is 1.23. The van der Waals surface area contributed by atoms with Crippen LogP contribution in [0.4, 0.5) is 10.8 Å². The molecule has 0 aromatic carbocycles. The summed E-state index contributed by atoms with van der Waals surface area (Å²) in [5, 5.41) is 11.7. The van der Waals surface area contributed by atoms with Crippen LogP contribution in [0.5, 0.6) is 5.75 Å². The summed E-state index contributed by atoms with van der Waals surface area (Å²) in [6.45, 7) is 0.550. The maximum atomic E-state index is 5.63. The molecule has 8 heteroatoms. The first-order chi connectivity index (χ1) is 7.72. The number of nitrogens with zero attached hydrogens (tertiary/aromatic N) is 4. The van der Waals surface area contributed by atoms with Crippen molar-refractivity contribution in [2.75, 3.05) is 18.2 Å². The quantitative estimate of drug-likeness (QED) is 0.807. The van der Waals surface area contributed by atoms with E-state index >= 15 is 0 Å². The second kappa shape index (κ2) is 4.35. The lowest BCUT2D eigenvalue weighted by Crippen LogP contribution is -2.05. The van der Waals surface area contributed by atoms with Crippen molar-refractivity contribution in [2.24, 2.45) is 7.05 Å². The van der Waals surface area contributed by atoms with Crippen molar-refractivity contribution in [2.45, 2.75) is 6.54 Å². The van der Waals surface area contributed by atoms with Gasteiger partial charge in [-0.05, 0) is 11.5 Å². The maximum absolute atomic E-state index is 5.63. The van der Waals surface area contributed by atoms with Gasteiger partial charge in [0.1, 0.15) is 6.33 Å². The average molecular weight is 240 g/mol. The molecule has 7 nitrogen and oxygen atoms in total. The molecular formula is C8H12N6OS. The van der Waals surface area contributed by atoms with E-state index in [1.165, 1.54) is 11.5 Å². The summed E-state index contributed by atoms with van der Waals surface area (Å²) < 4.78 is 11.0. The van der Waals surface area contributed by atoms with Crippen LogP contribution in [0.1, 0.15) is 5.82 Å². The smallest absolute Gasteiger partial charge is 0.197 e. The predicted octanol–water partition coefficient (Wildman–Crippen LogP) is 0.474. The average Bonchev–Trinajstić information content (AvgIpc) is 2.82. The predicted molar refractivity (Wildman–Crippen MR) is 61.4 cm³/mol. The van der Waals surface area contributed by atoms with E-state index in [1.807, 2.05) is 11.6 Å². The van der Waals surface area contributed by atoms with Gasteiger partial charge in [-0.2, -0.15) is 4.37 Å². The zero-order valence-electron chi connectivity index (χ0n) is 8.97. The van der Waals surface area contributed by atoms with Crippen LogP contribution >= 0.6 is 11.5 Å². The molecule has 0 aliphatic rings. The minimum atomic E-state index is 0.396. The normalized spacial score (nSPS) is 10.4. The number of hydrogen-bond acceptors (Lipinski definition) is 7. The highest BCUT2D eigenvalue weighted by atomic mass is 32.1. The number of nitrogen functional groups attached to an aromatic ring is 1. The lowest BCUT2D eigenvalue weighted by Gasteiger charge is -2.05. The van der Waals surface area contributed by atoms with Gasteiger partial charge in [0.2, 0.25) is 0 Å². The van der Waals surface area contributed by atoms with Gasteiger partial charge < -0.3 is 20.4 Å². The van der Waals surface area contributed by atoms with E-state index in [9.17, 15) is 0 Å². The summed E-state index contributed by atoms with van der Waals surface area (Å²) in [4.78, 5) is 0. The number of nitrogens with one attached hydrogen (secondary N) is 1. The monoisotopic (exact) mass is 240 g/mol. The van der Waals surface area contributed by atoms with Crippen LogP contribution < -0.4 is 15.8 Å². The summed E-state index contributed by atoms with van der Waals surface area (Å²) >= 11 is 1.26. The van der Waals surface area contributed by atoms with E-state index in [0.29, 0.717) is 18.1 Å². The molecule has 0 aliphatic carbocycles. The van der Waals surface area contributed by atoms with E-state index < -0.39 is 0 Å². The Morgan fingerprint density at radius 3 is 3.06 bits per heavy atom. The summed E-state index contributed by atoms with van der Waals surface area (Å²) in [5.41, 5.74) is 5.63. The molecule has 2 rings (SSSR count). The Bertz CT molecular complexity index is 479. The van der Waals surface area contributed by atoms with Crippen LogP contribution in [0.2, 0.25) is 0 Å². The molecule has 0 aliphatic heterocycles. The zero-order valence-corrected chi connectivity index (χ0v) is 9.78. The second-order valence-electron chi connectivity index (χ2n) is 3.14. The first-order valence-corrected chi connectivity index (χ1v) is 5.35. The fraction of sp³-hybridized carbons (Fsp3) is 0.375. The Morgan fingerprint density at radius 1 is 1.62 bits per heavy atom. The molecule has 0 saturated heterocycles. The lowest BCUT2D eigenvalue weighted by atomic mass is 10.5. The highest BCUT2D eigenvalue weighted by Crippen LogP contribution is 2.34. The van der Waals surface area contributed by atoms with E-state index in [0.717, 1.165) is 10.8 Å². The lowest BCUT2D eigenvalue weighted by molar-refractivity contribution is 0.419. The third kappa shape index (κ3) is 1.91. The molecule has 0 saturated carbocycles. The number of anilines is 2. The molecular weight excluding hydrogens is 228 g/mol. The number of hydrogen-bond donors (Lipinski definition) is 2. The number of nitrogens with two attached hydrogens (primary N) is 1. The van der Waals surface area contributed by atoms with Crippen molar-refractivity contribution in [1.29, 1.82) is 0 Å². The highest BCUT2D eigenvalue weighted by Gasteiger charge is 2.12. The van der Waals surface area contributed by atoms with E-state index in [1.54, 1.807) is 13.4 Å². The Hall–Kier alpha value is -1.83. The van der Waals surface area contributed by atoms with Crippen LogP contribution in [0.3, 0.4) is 0 Å². The molecule has 0 amide bonds. The van der Waals surface area contributed by atoms with Crippen molar-refractivity contribution < 1.29 is 4.74 Å². The Balaban J connectivity index is 2.07. The van der Waals surface area contributed by atoms with Gasteiger partial charge in [0.15, 0.2) is 22.4 Å². The van der Waals surface area contributed by atoms with Gasteiger partial charge in [0.25, 0.3) is 0 Å². The SMILES string of the molecule is COc1c(N)nsc1NCc1nncn1C. The van der Waals surface area contributed by atoms with Crippen molar-refractivity contribution in [3.8, 4) is 5.75 Å². The molecule has 3 N–H and O–H groups in total. The Morgan fingerprint density at radius 2 is 2.44 bits per heavy atom. The first kappa shape index (κ1) is 10.7. The number of ether oxygens (including phenoxy) is 1. The molecule has 0 unspecified atom stereocenters. The van der Waals surface area contributed by atoms with Gasteiger partial charge in [-0.3, -0.25) is 0 Å². The molecule has 16 heavy (non-hydrogen) atoms. The van der Waals surface area contributed by atoms with Gasteiger partial charge in [0, 0.05) is 7.05 Å². The standard InChI is InChI=1S/C8H12N6OS/c1-14-4-11-12-5(14)3-10-8-6(15-2)7(9)13-16-8/h4,10H,3H2,1-2H3,(H2,9,13). The van der Waals surface area contributed by atoms with Crippen LogP contribution in [-0.4, -0.2) is 26.2 Å². The molecule has 86 valence electrons. The maximum Gasteiger partial charge on any atom is 0.197 e. The van der Waals surface area contributed by atoms with Gasteiger partial charge in [0.05, 0.1) is 13.7 Å². The molecule has 2 heterocycles. The summed E-state index contributed by atoms with van der Waals surface area (Å²) in [5.74, 6) is 1.80. The second-order valence-corrected chi connectivity index (χ2v) is 3.92. The third-order valence-electron chi connectivity index (χ3n) is 2.09. The number of rotatable bonds is 4. The van der Waals surface area contributed by atoms with E-state index in [-0.39, 0.29) is 0 Å². The van der Waals surface area contributed by atoms with Crippen molar-refractivity contribution in [1.82, 2.24) is 19.1 Å². The topological polar surface area (TPSA) is 90.9 Å². The number of aryl methyl sites for hydroxylation is 1. The largest absolute Gasteiger partial charge is 0.490 e. The van der Waals surface area contributed by atoms with Crippen molar-refractivity contribution >= 4 is 22.4 Å². The van der Waals surface area contributed by atoms with Crippen LogP contribution in [0, 0.1) is 0 Å². The molecule has 2 aromatic rings. The molecule has 0 spiro atoms. The summed E-state index contributed by atoms with van der Waals surface area (Å²) in [6.07, 6.45) is 1.65. The Labute approximate surface area is 96.4 Å². The summed E-state index contributed by atoms with van der Waals surface area (Å²) in [6, 6.07) is 0. The van der Waals surface area contributed by atoms with Crippen LogP contribution in [0.15, 0.2) is 6.33 Å². The van der Waals surface area contributed by atoms with E-state index in [2.05, 4.69) is 19.9 Å². The minimum Gasteiger partial charge on any atom is -0.490 e. The highest BCUT2D eigenvalue weighted by molar-refractivity contribution is 7.11. The number of aromatic nitrogens is 4. The van der Waals surface area contributed by atoms with Crippen molar-refractivity contribution in [3.63, 3.8) is 0 Å².